The maximum Gasteiger partial charge on any atom is 0.409 e. The lowest BCUT2D eigenvalue weighted by Gasteiger charge is -2.34. The Morgan fingerprint density at radius 1 is 1.05 bits per heavy atom. The molecule has 0 aromatic rings. The minimum absolute atomic E-state index is 0.137. The summed E-state index contributed by atoms with van der Waals surface area (Å²) in [5, 5.41) is 2.81. The molecule has 8 nitrogen and oxygen atoms in total. The second kappa shape index (κ2) is 9.86. The fourth-order valence-corrected chi connectivity index (χ4v) is 2.11. The summed E-state index contributed by atoms with van der Waals surface area (Å²) < 4.78 is 9.47. The molecule has 0 aliphatic carbocycles. The van der Waals surface area contributed by atoms with Gasteiger partial charge in [0.05, 0.1) is 13.7 Å². The summed E-state index contributed by atoms with van der Waals surface area (Å²) in [6, 6.07) is -0.137. The third-order valence-corrected chi connectivity index (χ3v) is 3.40. The van der Waals surface area contributed by atoms with Crippen molar-refractivity contribution in [1.29, 1.82) is 0 Å². The van der Waals surface area contributed by atoms with Crippen molar-refractivity contribution in [2.75, 3.05) is 46.4 Å². The minimum Gasteiger partial charge on any atom is -0.469 e. The van der Waals surface area contributed by atoms with Gasteiger partial charge in [0.25, 0.3) is 0 Å². The first kappa shape index (κ1) is 18.1. The van der Waals surface area contributed by atoms with Crippen LogP contribution in [0.3, 0.4) is 0 Å². The van der Waals surface area contributed by atoms with Gasteiger partial charge in [-0.1, -0.05) is 0 Å². The molecule has 22 heavy (non-hydrogen) atoms. The van der Waals surface area contributed by atoms with Crippen LogP contribution in [0.2, 0.25) is 0 Å². The molecule has 0 bridgehead atoms. The summed E-state index contributed by atoms with van der Waals surface area (Å²) in [5.74, 6) is -0.235. The normalized spacial score (nSPS) is 14.5. The number of carbonyl (C=O) groups is 3. The lowest BCUT2D eigenvalue weighted by atomic mass is 10.2. The van der Waals surface area contributed by atoms with Crippen LogP contribution < -0.4 is 5.32 Å². The molecule has 0 unspecified atom stereocenters. The van der Waals surface area contributed by atoms with E-state index in [9.17, 15) is 14.4 Å². The topological polar surface area (TPSA) is 88.2 Å². The molecule has 0 saturated carbocycles. The number of piperazine rings is 1. The maximum absolute atomic E-state index is 11.9. The Kier molecular flexibility index (Phi) is 8.09. The smallest absolute Gasteiger partial charge is 0.409 e. The van der Waals surface area contributed by atoms with Crippen LogP contribution in [0.25, 0.3) is 0 Å². The second-order valence-electron chi connectivity index (χ2n) is 4.94. The molecule has 3 amide bonds. The van der Waals surface area contributed by atoms with E-state index in [0.29, 0.717) is 52.2 Å². The van der Waals surface area contributed by atoms with Gasteiger partial charge in [0.1, 0.15) is 0 Å². The van der Waals surface area contributed by atoms with E-state index in [-0.39, 0.29) is 18.1 Å². The van der Waals surface area contributed by atoms with Gasteiger partial charge in [-0.15, -0.1) is 0 Å². The van der Waals surface area contributed by atoms with Crippen molar-refractivity contribution in [2.45, 2.75) is 26.2 Å². The van der Waals surface area contributed by atoms with Gasteiger partial charge in [0, 0.05) is 39.1 Å². The van der Waals surface area contributed by atoms with Gasteiger partial charge in [-0.25, -0.2) is 9.59 Å². The van der Waals surface area contributed by atoms with Crippen LogP contribution in [0.5, 0.6) is 0 Å². The van der Waals surface area contributed by atoms with E-state index in [2.05, 4.69) is 10.1 Å². The zero-order chi connectivity index (χ0) is 16.4. The average Bonchev–Trinajstić information content (AvgIpc) is 2.54. The van der Waals surface area contributed by atoms with E-state index in [1.807, 2.05) is 0 Å². The van der Waals surface area contributed by atoms with Crippen LogP contribution in [0.15, 0.2) is 0 Å². The number of nitrogens with one attached hydrogen (secondary N) is 1. The SMILES string of the molecule is CCOC(=O)N1CCN(C(=O)NCCCCC(=O)OC)CC1. The zero-order valence-electron chi connectivity index (χ0n) is 13.3. The molecule has 1 heterocycles. The number of nitrogens with zero attached hydrogens (tertiary/aromatic N) is 2. The van der Waals surface area contributed by atoms with Gasteiger partial charge in [-0.3, -0.25) is 4.79 Å². The predicted molar refractivity (Wildman–Crippen MR) is 79.4 cm³/mol. The summed E-state index contributed by atoms with van der Waals surface area (Å²) in [6.45, 7) is 4.59. The first-order valence-electron chi connectivity index (χ1n) is 7.59. The molecule has 126 valence electrons. The maximum atomic E-state index is 11.9. The number of urea groups is 1. The van der Waals surface area contributed by atoms with E-state index in [0.717, 1.165) is 6.42 Å². The molecule has 1 N–H and O–H groups in total. The van der Waals surface area contributed by atoms with Crippen LogP contribution in [0.1, 0.15) is 26.2 Å². The van der Waals surface area contributed by atoms with Gasteiger partial charge >= 0.3 is 18.1 Å². The van der Waals surface area contributed by atoms with Crippen LogP contribution >= 0.6 is 0 Å². The lowest BCUT2D eigenvalue weighted by molar-refractivity contribution is -0.140. The molecule has 1 fully saturated rings. The number of esters is 1. The highest BCUT2D eigenvalue weighted by molar-refractivity contribution is 5.75. The highest BCUT2D eigenvalue weighted by Gasteiger charge is 2.24. The zero-order valence-corrected chi connectivity index (χ0v) is 13.3. The molecule has 1 saturated heterocycles. The first-order valence-corrected chi connectivity index (χ1v) is 7.59. The molecule has 0 spiro atoms. The fourth-order valence-electron chi connectivity index (χ4n) is 2.11. The van der Waals surface area contributed by atoms with E-state index < -0.39 is 0 Å². The van der Waals surface area contributed by atoms with Crippen LogP contribution in [0.4, 0.5) is 9.59 Å². The first-order chi connectivity index (χ1) is 10.6. The molecule has 1 aliphatic rings. The Bertz CT molecular complexity index is 381. The number of amides is 3. The van der Waals surface area contributed by atoms with E-state index >= 15 is 0 Å². The molecular formula is C14H25N3O5. The van der Waals surface area contributed by atoms with Crippen molar-refractivity contribution in [2.24, 2.45) is 0 Å². The van der Waals surface area contributed by atoms with Gasteiger partial charge in [-0.2, -0.15) is 0 Å². The quantitative estimate of drug-likeness (QED) is 0.579. The molecule has 0 aromatic heterocycles. The second-order valence-corrected chi connectivity index (χ2v) is 4.94. The van der Waals surface area contributed by atoms with Gasteiger partial charge in [0.15, 0.2) is 0 Å². The van der Waals surface area contributed by atoms with E-state index in [1.165, 1.54) is 7.11 Å². The monoisotopic (exact) mass is 315 g/mol. The Hall–Kier alpha value is -1.99. The molecule has 0 radical (unpaired) electrons. The van der Waals surface area contributed by atoms with Crippen molar-refractivity contribution < 1.29 is 23.9 Å². The van der Waals surface area contributed by atoms with Crippen molar-refractivity contribution in [3.63, 3.8) is 0 Å². The Morgan fingerprint density at radius 3 is 2.27 bits per heavy atom. The highest BCUT2D eigenvalue weighted by atomic mass is 16.6. The number of methoxy groups -OCH3 is 1. The van der Waals surface area contributed by atoms with Crippen molar-refractivity contribution in [1.82, 2.24) is 15.1 Å². The standard InChI is InChI=1S/C14H25N3O5/c1-3-22-14(20)17-10-8-16(9-11-17)13(19)15-7-5-4-6-12(18)21-2/h3-11H2,1-2H3,(H,15,19). The Balaban J connectivity index is 2.15. The summed E-state index contributed by atoms with van der Waals surface area (Å²) in [5.41, 5.74) is 0. The van der Waals surface area contributed by atoms with Crippen molar-refractivity contribution in [3.05, 3.63) is 0 Å². The molecule has 0 atom stereocenters. The van der Waals surface area contributed by atoms with Gasteiger partial charge < -0.3 is 24.6 Å². The molecule has 1 rings (SSSR count). The molecule has 0 aromatic carbocycles. The number of carbonyl (C=O) groups excluding carboxylic acids is 3. The average molecular weight is 315 g/mol. The molecular weight excluding hydrogens is 290 g/mol. The number of hydrogen-bond acceptors (Lipinski definition) is 5. The summed E-state index contributed by atoms with van der Waals surface area (Å²) in [6.07, 6.45) is 1.45. The highest BCUT2D eigenvalue weighted by Crippen LogP contribution is 2.04. The third kappa shape index (κ3) is 6.19. The number of hydrogen-bond donors (Lipinski definition) is 1. The van der Waals surface area contributed by atoms with E-state index in [1.54, 1.807) is 16.7 Å². The van der Waals surface area contributed by atoms with Crippen LogP contribution in [-0.4, -0.2) is 74.3 Å². The summed E-state index contributed by atoms with van der Waals surface area (Å²) in [4.78, 5) is 37.7. The number of unbranched alkanes of at least 4 members (excludes halogenated alkanes) is 1. The Morgan fingerprint density at radius 2 is 1.68 bits per heavy atom. The van der Waals surface area contributed by atoms with E-state index in [4.69, 9.17) is 4.74 Å². The van der Waals surface area contributed by atoms with Crippen molar-refractivity contribution in [3.8, 4) is 0 Å². The predicted octanol–water partition coefficient (Wildman–Crippen LogP) is 0.813. The minimum atomic E-state index is -0.328. The summed E-state index contributed by atoms with van der Waals surface area (Å²) >= 11 is 0. The van der Waals surface area contributed by atoms with Gasteiger partial charge in [0.2, 0.25) is 0 Å². The largest absolute Gasteiger partial charge is 0.469 e. The van der Waals surface area contributed by atoms with Crippen LogP contribution in [0, 0.1) is 0 Å². The third-order valence-electron chi connectivity index (χ3n) is 3.40. The number of ether oxygens (including phenoxy) is 2. The molecule has 8 heteroatoms. The Labute approximate surface area is 130 Å². The summed E-state index contributed by atoms with van der Waals surface area (Å²) in [7, 11) is 1.36. The van der Waals surface area contributed by atoms with Crippen molar-refractivity contribution >= 4 is 18.1 Å². The molecule has 1 aliphatic heterocycles. The fraction of sp³-hybridized carbons (Fsp3) is 0.786. The van der Waals surface area contributed by atoms with Gasteiger partial charge in [-0.05, 0) is 19.8 Å². The number of rotatable bonds is 6. The lowest BCUT2D eigenvalue weighted by Crippen LogP contribution is -2.53. The van der Waals surface area contributed by atoms with Crippen LogP contribution in [-0.2, 0) is 14.3 Å².